The van der Waals surface area contributed by atoms with Gasteiger partial charge in [-0.15, -0.1) is 0 Å². The van der Waals surface area contributed by atoms with Gasteiger partial charge in [0.05, 0.1) is 12.0 Å². The van der Waals surface area contributed by atoms with Gasteiger partial charge < -0.3 is 14.4 Å². The normalized spacial score (nSPS) is 23.4. The third-order valence-corrected chi connectivity index (χ3v) is 5.94. The van der Waals surface area contributed by atoms with Crippen molar-refractivity contribution in [2.24, 2.45) is 5.92 Å². The first kappa shape index (κ1) is 21.1. The molecule has 1 aromatic carbocycles. The van der Waals surface area contributed by atoms with Crippen molar-refractivity contribution in [3.05, 3.63) is 29.8 Å². The number of carbonyl (C=O) groups excluding carboxylic acids is 1. The lowest BCUT2D eigenvalue weighted by molar-refractivity contribution is -0.137. The summed E-state index contributed by atoms with van der Waals surface area (Å²) in [6.45, 7) is 10.0. The van der Waals surface area contributed by atoms with Gasteiger partial charge in [-0.1, -0.05) is 12.1 Å². The summed E-state index contributed by atoms with van der Waals surface area (Å²) in [5.41, 5.74) is 1.25. The predicted octanol–water partition coefficient (Wildman–Crippen LogP) is 3.71. The lowest BCUT2D eigenvalue weighted by Crippen LogP contribution is -2.44. The second-order valence-electron chi connectivity index (χ2n) is 8.03. The Balaban J connectivity index is 1.52. The average molecular weight is 389 g/mol. The smallest absolute Gasteiger partial charge is 0.226 e. The minimum Gasteiger partial charge on any atom is -0.491 e. The van der Waals surface area contributed by atoms with Crippen LogP contribution in [0.2, 0.25) is 0 Å². The number of hydrogen-bond donors (Lipinski definition) is 0. The van der Waals surface area contributed by atoms with E-state index in [1.807, 2.05) is 11.0 Å². The van der Waals surface area contributed by atoms with Crippen LogP contribution in [0.1, 0.15) is 51.5 Å². The Kier molecular flexibility index (Phi) is 8.16. The Bertz CT molecular complexity index is 612. The number of piperidine rings is 1. The first-order chi connectivity index (χ1) is 13.7. The zero-order valence-corrected chi connectivity index (χ0v) is 17.6. The number of hydrogen-bond acceptors (Lipinski definition) is 4. The van der Waals surface area contributed by atoms with Crippen molar-refractivity contribution in [3.8, 4) is 5.75 Å². The number of amides is 1. The van der Waals surface area contributed by atoms with E-state index in [-0.39, 0.29) is 12.0 Å². The second kappa shape index (κ2) is 10.8. The van der Waals surface area contributed by atoms with Crippen molar-refractivity contribution in [3.63, 3.8) is 0 Å². The van der Waals surface area contributed by atoms with Crippen LogP contribution in [0.25, 0.3) is 0 Å². The lowest BCUT2D eigenvalue weighted by Gasteiger charge is -2.34. The summed E-state index contributed by atoms with van der Waals surface area (Å²) in [6, 6.07) is 8.38. The Labute approximate surface area is 170 Å². The molecule has 2 heterocycles. The number of nitrogens with zero attached hydrogens (tertiary/aromatic N) is 2. The van der Waals surface area contributed by atoms with E-state index in [1.165, 1.54) is 18.4 Å². The van der Waals surface area contributed by atoms with Crippen LogP contribution >= 0.6 is 0 Å². The molecule has 0 N–H and O–H groups in total. The van der Waals surface area contributed by atoms with Gasteiger partial charge in [0, 0.05) is 32.8 Å². The van der Waals surface area contributed by atoms with Gasteiger partial charge in [-0.25, -0.2) is 0 Å². The van der Waals surface area contributed by atoms with Gasteiger partial charge in [-0.05, 0) is 70.2 Å². The first-order valence-electron chi connectivity index (χ1n) is 11.0. The molecule has 0 aliphatic carbocycles. The molecule has 5 nitrogen and oxygen atoms in total. The number of likely N-dealkylation sites (tertiary alicyclic amines) is 1. The minimum atomic E-state index is 0.136. The fourth-order valence-corrected chi connectivity index (χ4v) is 4.31. The summed E-state index contributed by atoms with van der Waals surface area (Å²) in [4.78, 5) is 17.1. The highest BCUT2D eigenvalue weighted by Gasteiger charge is 2.28. The Morgan fingerprint density at radius 3 is 2.82 bits per heavy atom. The van der Waals surface area contributed by atoms with Crippen LogP contribution in [0.4, 0.5) is 0 Å². The molecule has 0 radical (unpaired) electrons. The van der Waals surface area contributed by atoms with Crippen LogP contribution in [-0.2, 0) is 16.1 Å². The van der Waals surface area contributed by atoms with Gasteiger partial charge in [0.2, 0.25) is 5.91 Å². The van der Waals surface area contributed by atoms with E-state index in [0.29, 0.717) is 12.5 Å². The first-order valence-corrected chi connectivity index (χ1v) is 11.0. The summed E-state index contributed by atoms with van der Waals surface area (Å²) in [6.07, 6.45) is 5.82. The molecule has 0 saturated carbocycles. The number of benzene rings is 1. The lowest BCUT2D eigenvalue weighted by atomic mass is 9.96. The van der Waals surface area contributed by atoms with Gasteiger partial charge in [0.15, 0.2) is 0 Å². The van der Waals surface area contributed by atoms with E-state index >= 15 is 0 Å². The Morgan fingerprint density at radius 2 is 2.07 bits per heavy atom. The maximum Gasteiger partial charge on any atom is 0.226 e. The zero-order chi connectivity index (χ0) is 19.8. The molecule has 2 atom stereocenters. The Morgan fingerprint density at radius 1 is 1.21 bits per heavy atom. The monoisotopic (exact) mass is 388 g/mol. The zero-order valence-electron chi connectivity index (χ0n) is 17.6. The van der Waals surface area contributed by atoms with Crippen molar-refractivity contribution in [2.75, 3.05) is 39.4 Å². The fraction of sp³-hybridized carbons (Fsp3) is 0.696. The molecule has 2 saturated heterocycles. The fourth-order valence-electron chi connectivity index (χ4n) is 4.31. The van der Waals surface area contributed by atoms with Crippen LogP contribution in [0.5, 0.6) is 5.75 Å². The highest BCUT2D eigenvalue weighted by atomic mass is 16.5. The summed E-state index contributed by atoms with van der Waals surface area (Å²) in [5, 5.41) is 0. The maximum absolute atomic E-state index is 12.7. The summed E-state index contributed by atoms with van der Waals surface area (Å²) in [7, 11) is 0. The molecule has 28 heavy (non-hydrogen) atoms. The van der Waals surface area contributed by atoms with E-state index in [0.717, 1.165) is 64.3 Å². The molecule has 156 valence electrons. The second-order valence-corrected chi connectivity index (χ2v) is 8.03. The number of rotatable bonds is 8. The van der Waals surface area contributed by atoms with E-state index in [1.54, 1.807) is 0 Å². The third kappa shape index (κ3) is 5.95. The van der Waals surface area contributed by atoms with Crippen molar-refractivity contribution in [2.45, 2.75) is 58.6 Å². The Hall–Kier alpha value is -1.59. The highest BCUT2D eigenvalue weighted by Crippen LogP contribution is 2.23. The minimum absolute atomic E-state index is 0.136. The summed E-state index contributed by atoms with van der Waals surface area (Å²) >= 11 is 0. The van der Waals surface area contributed by atoms with Gasteiger partial charge in [-0.3, -0.25) is 9.69 Å². The molecule has 0 aromatic heterocycles. The number of ether oxygens (including phenoxy) is 2. The third-order valence-electron chi connectivity index (χ3n) is 5.94. The maximum atomic E-state index is 12.7. The van der Waals surface area contributed by atoms with Gasteiger partial charge in [0.25, 0.3) is 0 Å². The average Bonchev–Trinajstić information content (AvgIpc) is 2.74. The van der Waals surface area contributed by atoms with Gasteiger partial charge in [-0.2, -0.15) is 0 Å². The largest absolute Gasteiger partial charge is 0.491 e. The van der Waals surface area contributed by atoms with Crippen molar-refractivity contribution in [1.29, 1.82) is 0 Å². The standard InChI is InChI=1S/C23H36N2O3/c1-3-25(4-2)23(26)20-10-8-13-24(17-20)16-19-9-7-12-21(15-19)28-18-22-11-5-6-14-27-22/h7,9,12,15,20,22H,3-6,8,10-11,13-14,16-18H2,1-2H3. The van der Waals surface area contributed by atoms with Crippen LogP contribution in [0.3, 0.4) is 0 Å². The number of carbonyl (C=O) groups is 1. The van der Waals surface area contributed by atoms with Crippen molar-refractivity contribution < 1.29 is 14.3 Å². The quantitative estimate of drug-likeness (QED) is 0.681. The molecule has 2 unspecified atom stereocenters. The van der Waals surface area contributed by atoms with Crippen LogP contribution in [0.15, 0.2) is 24.3 Å². The molecule has 1 aromatic rings. The molecule has 2 fully saturated rings. The van der Waals surface area contributed by atoms with E-state index in [9.17, 15) is 4.79 Å². The van der Waals surface area contributed by atoms with Crippen LogP contribution in [-0.4, -0.2) is 61.2 Å². The molecule has 5 heteroatoms. The van der Waals surface area contributed by atoms with E-state index in [2.05, 4.69) is 36.9 Å². The summed E-state index contributed by atoms with van der Waals surface area (Å²) < 4.78 is 11.7. The van der Waals surface area contributed by atoms with Crippen molar-refractivity contribution >= 4 is 5.91 Å². The summed E-state index contributed by atoms with van der Waals surface area (Å²) in [5.74, 6) is 1.37. The molecule has 1 amide bonds. The van der Waals surface area contributed by atoms with Gasteiger partial charge in [0.1, 0.15) is 12.4 Å². The predicted molar refractivity (Wildman–Crippen MR) is 111 cm³/mol. The van der Waals surface area contributed by atoms with E-state index < -0.39 is 0 Å². The highest BCUT2D eigenvalue weighted by molar-refractivity contribution is 5.79. The van der Waals surface area contributed by atoms with E-state index in [4.69, 9.17) is 9.47 Å². The molecule has 2 aliphatic rings. The molecule has 3 rings (SSSR count). The van der Waals surface area contributed by atoms with Crippen LogP contribution in [0, 0.1) is 5.92 Å². The topological polar surface area (TPSA) is 42.0 Å². The van der Waals surface area contributed by atoms with Crippen molar-refractivity contribution in [1.82, 2.24) is 9.80 Å². The molecule has 2 aliphatic heterocycles. The molecule has 0 bridgehead atoms. The molecule has 0 spiro atoms. The SMILES string of the molecule is CCN(CC)C(=O)C1CCCN(Cc2cccc(OCC3CCCCO3)c2)C1. The van der Waals surface area contributed by atoms with Gasteiger partial charge >= 0.3 is 0 Å². The van der Waals surface area contributed by atoms with Crippen LogP contribution < -0.4 is 4.74 Å². The molecular formula is C23H36N2O3. The molecular weight excluding hydrogens is 352 g/mol.